The van der Waals surface area contributed by atoms with E-state index in [0.717, 1.165) is 37.0 Å². The van der Waals surface area contributed by atoms with Crippen LogP contribution in [0.4, 0.5) is 0 Å². The zero-order chi connectivity index (χ0) is 19.2. The minimum absolute atomic E-state index is 0.0328. The number of hydrogen-bond donors (Lipinski definition) is 0. The standard InChI is InChI=1S/C23H36O4/c1-22-13-4-3-5-15(22)6-7-16-17-8-9-19(23(17,2)14-12-18(16)22)27-21(26)11-10-20(24)25/h15-19H,3-14H2,1-2H3,(H,24,25)/p-1/t15-,16-,17-,18+,19+,22+,23+/m1/s1. The van der Waals surface area contributed by atoms with E-state index < -0.39 is 5.97 Å². The Morgan fingerprint density at radius 1 is 0.889 bits per heavy atom. The number of rotatable bonds is 4. The van der Waals surface area contributed by atoms with Gasteiger partial charge in [0.2, 0.25) is 0 Å². The Morgan fingerprint density at radius 2 is 1.67 bits per heavy atom. The summed E-state index contributed by atoms with van der Waals surface area (Å²) < 4.78 is 5.82. The van der Waals surface area contributed by atoms with E-state index in [1.807, 2.05) is 0 Å². The fraction of sp³-hybridized carbons (Fsp3) is 0.913. The van der Waals surface area contributed by atoms with Crippen molar-refractivity contribution in [1.82, 2.24) is 0 Å². The number of carbonyl (C=O) groups excluding carboxylic acids is 2. The molecule has 0 aromatic heterocycles. The highest BCUT2D eigenvalue weighted by atomic mass is 16.5. The maximum atomic E-state index is 12.1. The average molecular weight is 376 g/mol. The van der Waals surface area contributed by atoms with Crippen LogP contribution in [0.15, 0.2) is 0 Å². The van der Waals surface area contributed by atoms with Crippen molar-refractivity contribution in [3.8, 4) is 0 Å². The third-order valence-corrected chi connectivity index (χ3v) is 9.30. The molecule has 0 spiro atoms. The monoisotopic (exact) mass is 375 g/mol. The molecule has 0 bridgehead atoms. The third-order valence-electron chi connectivity index (χ3n) is 9.30. The number of carboxylic acid groups (broad SMARTS) is 1. The molecular weight excluding hydrogens is 340 g/mol. The Kier molecular flexibility index (Phi) is 5.05. The molecule has 7 atom stereocenters. The number of aliphatic carboxylic acids is 1. The summed E-state index contributed by atoms with van der Waals surface area (Å²) in [7, 11) is 0. The minimum atomic E-state index is -1.18. The average Bonchev–Trinajstić information content (AvgIpc) is 2.96. The molecule has 0 aliphatic heterocycles. The van der Waals surface area contributed by atoms with E-state index >= 15 is 0 Å². The van der Waals surface area contributed by atoms with Crippen LogP contribution in [0.1, 0.15) is 90.9 Å². The van der Waals surface area contributed by atoms with Gasteiger partial charge < -0.3 is 14.6 Å². The molecule has 4 aliphatic carbocycles. The second kappa shape index (κ2) is 7.08. The predicted molar refractivity (Wildman–Crippen MR) is 100 cm³/mol. The molecule has 0 amide bonds. The molecule has 27 heavy (non-hydrogen) atoms. The van der Waals surface area contributed by atoms with E-state index in [4.69, 9.17) is 4.74 Å². The molecule has 0 heterocycles. The van der Waals surface area contributed by atoms with Gasteiger partial charge in [0, 0.05) is 11.4 Å². The van der Waals surface area contributed by atoms with E-state index in [1.165, 1.54) is 44.9 Å². The van der Waals surface area contributed by atoms with Gasteiger partial charge in [-0.3, -0.25) is 4.79 Å². The molecule has 0 N–H and O–H groups in total. The normalized spacial score (nSPS) is 46.1. The fourth-order valence-corrected chi connectivity index (χ4v) is 7.86. The van der Waals surface area contributed by atoms with Crippen LogP contribution in [0, 0.1) is 34.5 Å². The highest BCUT2D eigenvalue weighted by Gasteiger charge is 2.60. The van der Waals surface area contributed by atoms with Crippen LogP contribution in [-0.2, 0) is 14.3 Å². The van der Waals surface area contributed by atoms with Gasteiger partial charge in [0.1, 0.15) is 6.10 Å². The third kappa shape index (κ3) is 3.21. The first kappa shape index (κ1) is 19.3. The lowest BCUT2D eigenvalue weighted by Gasteiger charge is -2.60. The van der Waals surface area contributed by atoms with E-state index in [9.17, 15) is 14.7 Å². The molecule has 0 aromatic rings. The zero-order valence-corrected chi connectivity index (χ0v) is 17.0. The van der Waals surface area contributed by atoms with Gasteiger partial charge in [-0.2, -0.15) is 0 Å². The van der Waals surface area contributed by atoms with E-state index in [1.54, 1.807) is 0 Å². The van der Waals surface area contributed by atoms with Gasteiger partial charge in [-0.1, -0.05) is 26.7 Å². The van der Waals surface area contributed by atoms with Crippen molar-refractivity contribution in [1.29, 1.82) is 0 Å². The Balaban J connectivity index is 1.46. The summed E-state index contributed by atoms with van der Waals surface area (Å²) in [4.78, 5) is 22.7. The van der Waals surface area contributed by atoms with Crippen molar-refractivity contribution in [2.75, 3.05) is 0 Å². The maximum Gasteiger partial charge on any atom is 0.306 e. The van der Waals surface area contributed by atoms with Gasteiger partial charge in [-0.25, -0.2) is 0 Å². The first-order chi connectivity index (χ1) is 12.8. The molecule has 4 fully saturated rings. The second-order valence-corrected chi connectivity index (χ2v) is 10.4. The molecule has 4 aliphatic rings. The Hall–Kier alpha value is -1.06. The summed E-state index contributed by atoms with van der Waals surface area (Å²) in [6.07, 6.45) is 12.6. The number of carboxylic acids is 1. The smallest absolute Gasteiger partial charge is 0.306 e. The number of fused-ring (bicyclic) bond motifs is 5. The summed E-state index contributed by atoms with van der Waals surface area (Å²) in [5.41, 5.74) is 0.613. The predicted octanol–water partition coefficient (Wildman–Crippen LogP) is 3.86. The SMILES string of the molecule is C[C@]12CCCC[C@@H]1CC[C@@H]1[C@H]3CC[C@H](OC(=O)CCC(=O)[O-])[C@@]3(C)CC[C@@H]12. The topological polar surface area (TPSA) is 66.4 Å². The van der Waals surface area contributed by atoms with Crippen LogP contribution < -0.4 is 5.11 Å². The van der Waals surface area contributed by atoms with Gasteiger partial charge in [0.25, 0.3) is 0 Å². The highest BCUT2D eigenvalue weighted by Crippen LogP contribution is 2.66. The second-order valence-electron chi connectivity index (χ2n) is 10.4. The molecule has 4 nitrogen and oxygen atoms in total. The van der Waals surface area contributed by atoms with Gasteiger partial charge in [-0.15, -0.1) is 0 Å². The van der Waals surface area contributed by atoms with E-state index in [-0.39, 0.29) is 30.3 Å². The lowest BCUT2D eigenvalue weighted by Crippen LogP contribution is -2.53. The molecule has 0 saturated heterocycles. The van der Waals surface area contributed by atoms with Crippen LogP contribution in [0.3, 0.4) is 0 Å². The molecular formula is C23H35O4-. The van der Waals surface area contributed by atoms with E-state index in [2.05, 4.69) is 13.8 Å². The van der Waals surface area contributed by atoms with Crippen molar-refractivity contribution >= 4 is 11.9 Å². The lowest BCUT2D eigenvalue weighted by molar-refractivity contribution is -0.305. The van der Waals surface area contributed by atoms with Crippen molar-refractivity contribution in [2.24, 2.45) is 34.5 Å². The van der Waals surface area contributed by atoms with Crippen LogP contribution in [0.5, 0.6) is 0 Å². The van der Waals surface area contributed by atoms with Gasteiger partial charge in [0.05, 0.1) is 6.42 Å². The number of esters is 1. The van der Waals surface area contributed by atoms with Gasteiger partial charge in [0.15, 0.2) is 0 Å². The molecule has 0 aromatic carbocycles. The minimum Gasteiger partial charge on any atom is -0.550 e. The fourth-order valence-electron chi connectivity index (χ4n) is 7.86. The maximum absolute atomic E-state index is 12.1. The first-order valence-corrected chi connectivity index (χ1v) is 11.2. The molecule has 4 heteroatoms. The quantitative estimate of drug-likeness (QED) is 0.700. The molecule has 0 unspecified atom stereocenters. The summed E-state index contributed by atoms with van der Waals surface area (Å²) >= 11 is 0. The van der Waals surface area contributed by atoms with Crippen LogP contribution in [0.25, 0.3) is 0 Å². The molecule has 152 valence electrons. The zero-order valence-electron chi connectivity index (χ0n) is 17.0. The Bertz CT molecular complexity index is 601. The largest absolute Gasteiger partial charge is 0.550 e. The molecule has 0 radical (unpaired) electrons. The molecule has 4 saturated carbocycles. The van der Waals surface area contributed by atoms with Crippen molar-refractivity contribution in [3.63, 3.8) is 0 Å². The number of carbonyl (C=O) groups is 2. The highest BCUT2D eigenvalue weighted by molar-refractivity contribution is 5.75. The van der Waals surface area contributed by atoms with Gasteiger partial charge in [-0.05, 0) is 86.9 Å². The Morgan fingerprint density at radius 3 is 2.44 bits per heavy atom. The number of ether oxygens (including phenoxy) is 1. The first-order valence-electron chi connectivity index (χ1n) is 11.2. The van der Waals surface area contributed by atoms with Crippen LogP contribution in [0.2, 0.25) is 0 Å². The summed E-state index contributed by atoms with van der Waals surface area (Å²) in [6.45, 7) is 4.93. The van der Waals surface area contributed by atoms with Crippen molar-refractivity contribution in [3.05, 3.63) is 0 Å². The summed E-state index contributed by atoms with van der Waals surface area (Å²) in [5, 5.41) is 10.6. The summed E-state index contributed by atoms with van der Waals surface area (Å²) in [5.74, 6) is 1.68. The summed E-state index contributed by atoms with van der Waals surface area (Å²) in [6, 6.07) is 0. The number of hydrogen-bond acceptors (Lipinski definition) is 4. The Labute approximate surface area is 163 Å². The van der Waals surface area contributed by atoms with E-state index in [0.29, 0.717) is 11.3 Å². The molecule has 4 rings (SSSR count). The van der Waals surface area contributed by atoms with Crippen molar-refractivity contribution < 1.29 is 19.4 Å². The van der Waals surface area contributed by atoms with Gasteiger partial charge >= 0.3 is 5.97 Å². The van der Waals surface area contributed by atoms with Crippen molar-refractivity contribution in [2.45, 2.75) is 97.0 Å². The van der Waals surface area contributed by atoms with Crippen LogP contribution >= 0.6 is 0 Å². The lowest BCUT2D eigenvalue weighted by atomic mass is 9.45. The van der Waals surface area contributed by atoms with Crippen LogP contribution in [-0.4, -0.2) is 18.0 Å².